The van der Waals surface area contributed by atoms with Crippen LogP contribution in [0.5, 0.6) is 0 Å². The van der Waals surface area contributed by atoms with Gasteiger partial charge in [-0.05, 0) is 12.0 Å². The van der Waals surface area contributed by atoms with Crippen molar-refractivity contribution in [3.8, 4) is 0 Å². The highest BCUT2D eigenvalue weighted by Crippen LogP contribution is 2.08. The van der Waals surface area contributed by atoms with Crippen LogP contribution in [-0.4, -0.2) is 32.2 Å². The van der Waals surface area contributed by atoms with Gasteiger partial charge in [0, 0.05) is 19.7 Å². The number of nitrogens with zero attached hydrogens (tertiary/aromatic N) is 2. The van der Waals surface area contributed by atoms with Crippen LogP contribution in [0.2, 0.25) is 0 Å². The van der Waals surface area contributed by atoms with Gasteiger partial charge in [0.05, 0.1) is 18.4 Å². The molecule has 14 heavy (non-hydrogen) atoms. The summed E-state index contributed by atoms with van der Waals surface area (Å²) in [4.78, 5) is 0. The van der Waals surface area contributed by atoms with E-state index in [2.05, 4.69) is 5.10 Å². The minimum absolute atomic E-state index is 0.467. The molecule has 0 radical (unpaired) electrons. The van der Waals surface area contributed by atoms with Crippen molar-refractivity contribution in [2.75, 3.05) is 0 Å². The molecule has 1 aromatic heterocycles. The maximum absolute atomic E-state index is 9.62. The van der Waals surface area contributed by atoms with E-state index < -0.39 is 12.2 Å². The molecule has 4 nitrogen and oxygen atoms in total. The van der Waals surface area contributed by atoms with Crippen molar-refractivity contribution < 1.29 is 10.2 Å². The molecule has 2 unspecified atom stereocenters. The highest BCUT2D eigenvalue weighted by Gasteiger charge is 2.16. The quantitative estimate of drug-likeness (QED) is 0.723. The van der Waals surface area contributed by atoms with E-state index in [0.29, 0.717) is 12.8 Å². The minimum atomic E-state index is -0.681. The van der Waals surface area contributed by atoms with E-state index in [9.17, 15) is 10.2 Å². The molecule has 0 amide bonds. The first kappa shape index (κ1) is 11.2. The summed E-state index contributed by atoms with van der Waals surface area (Å²) in [5.74, 6) is 0. The normalized spacial score (nSPS) is 15.4. The molecule has 0 aliphatic carbocycles. The van der Waals surface area contributed by atoms with Crippen LogP contribution >= 0.6 is 0 Å². The Bertz CT molecular complexity index is 273. The molecule has 2 atom stereocenters. The molecule has 0 aliphatic rings. The van der Waals surface area contributed by atoms with Gasteiger partial charge in [-0.2, -0.15) is 5.10 Å². The SMILES string of the molecule is CCCC(O)C(O)Cc1cnn(C)c1. The fraction of sp³-hybridized carbons (Fsp3) is 0.700. The van der Waals surface area contributed by atoms with E-state index in [-0.39, 0.29) is 0 Å². The van der Waals surface area contributed by atoms with Crippen LogP contribution in [0.3, 0.4) is 0 Å². The fourth-order valence-electron chi connectivity index (χ4n) is 1.44. The summed E-state index contributed by atoms with van der Waals surface area (Å²) in [6.07, 6.45) is 4.24. The van der Waals surface area contributed by atoms with Gasteiger partial charge in [0.1, 0.15) is 0 Å². The largest absolute Gasteiger partial charge is 0.390 e. The third-order valence-electron chi connectivity index (χ3n) is 2.23. The van der Waals surface area contributed by atoms with Crippen LogP contribution in [0.4, 0.5) is 0 Å². The van der Waals surface area contributed by atoms with Gasteiger partial charge in [-0.15, -0.1) is 0 Å². The lowest BCUT2D eigenvalue weighted by Gasteiger charge is -2.15. The van der Waals surface area contributed by atoms with Crippen LogP contribution in [0.15, 0.2) is 12.4 Å². The van der Waals surface area contributed by atoms with Crippen LogP contribution in [-0.2, 0) is 13.5 Å². The highest BCUT2D eigenvalue weighted by molar-refractivity contribution is 5.05. The fourth-order valence-corrected chi connectivity index (χ4v) is 1.44. The lowest BCUT2D eigenvalue weighted by Crippen LogP contribution is -2.27. The van der Waals surface area contributed by atoms with Crippen LogP contribution in [0, 0.1) is 0 Å². The first-order valence-corrected chi connectivity index (χ1v) is 4.97. The van der Waals surface area contributed by atoms with Crippen molar-refractivity contribution >= 4 is 0 Å². The Balaban J connectivity index is 2.43. The zero-order valence-electron chi connectivity index (χ0n) is 8.72. The zero-order chi connectivity index (χ0) is 10.6. The van der Waals surface area contributed by atoms with Gasteiger partial charge in [-0.25, -0.2) is 0 Å². The number of aliphatic hydroxyl groups is 2. The molecule has 1 rings (SSSR count). The molecule has 0 spiro atoms. The maximum Gasteiger partial charge on any atom is 0.0840 e. The van der Waals surface area contributed by atoms with Crippen molar-refractivity contribution in [2.24, 2.45) is 7.05 Å². The van der Waals surface area contributed by atoms with Gasteiger partial charge in [-0.3, -0.25) is 4.68 Å². The summed E-state index contributed by atoms with van der Waals surface area (Å²) >= 11 is 0. The summed E-state index contributed by atoms with van der Waals surface area (Å²) in [6, 6.07) is 0. The molecule has 0 aromatic carbocycles. The van der Waals surface area contributed by atoms with E-state index in [0.717, 1.165) is 12.0 Å². The Morgan fingerprint density at radius 1 is 1.43 bits per heavy atom. The zero-order valence-corrected chi connectivity index (χ0v) is 8.72. The topological polar surface area (TPSA) is 58.3 Å². The maximum atomic E-state index is 9.62. The van der Waals surface area contributed by atoms with E-state index in [1.165, 1.54) is 0 Å². The third-order valence-corrected chi connectivity index (χ3v) is 2.23. The monoisotopic (exact) mass is 198 g/mol. The average molecular weight is 198 g/mol. The van der Waals surface area contributed by atoms with Crippen molar-refractivity contribution in [2.45, 2.75) is 38.4 Å². The molecule has 1 heterocycles. The lowest BCUT2D eigenvalue weighted by atomic mass is 10.0. The van der Waals surface area contributed by atoms with Crippen LogP contribution in [0.1, 0.15) is 25.3 Å². The second-order valence-electron chi connectivity index (χ2n) is 3.65. The Hall–Kier alpha value is -0.870. The number of aryl methyl sites for hydroxylation is 1. The summed E-state index contributed by atoms with van der Waals surface area (Å²) < 4.78 is 1.69. The van der Waals surface area contributed by atoms with Gasteiger partial charge < -0.3 is 10.2 Å². The second-order valence-corrected chi connectivity index (χ2v) is 3.65. The lowest BCUT2D eigenvalue weighted by molar-refractivity contribution is 0.0148. The molecule has 0 saturated heterocycles. The summed E-state index contributed by atoms with van der Waals surface area (Å²) in [5.41, 5.74) is 0.954. The predicted octanol–water partition coefficient (Wildman–Crippen LogP) is 0.484. The Morgan fingerprint density at radius 3 is 2.64 bits per heavy atom. The Labute approximate surface area is 84.2 Å². The molecule has 80 valence electrons. The van der Waals surface area contributed by atoms with Gasteiger partial charge in [0.25, 0.3) is 0 Å². The van der Waals surface area contributed by atoms with Gasteiger partial charge in [-0.1, -0.05) is 13.3 Å². The van der Waals surface area contributed by atoms with Crippen molar-refractivity contribution in [3.05, 3.63) is 18.0 Å². The van der Waals surface area contributed by atoms with E-state index >= 15 is 0 Å². The first-order valence-electron chi connectivity index (χ1n) is 4.97. The van der Waals surface area contributed by atoms with E-state index in [1.807, 2.05) is 20.2 Å². The Morgan fingerprint density at radius 2 is 2.14 bits per heavy atom. The predicted molar refractivity (Wildman–Crippen MR) is 53.8 cm³/mol. The molecule has 0 saturated carbocycles. The average Bonchev–Trinajstić information content (AvgIpc) is 2.51. The first-order chi connectivity index (χ1) is 6.63. The summed E-state index contributed by atoms with van der Waals surface area (Å²) in [7, 11) is 1.83. The molecule has 1 aromatic rings. The second kappa shape index (κ2) is 5.12. The van der Waals surface area contributed by atoms with E-state index in [1.54, 1.807) is 10.9 Å². The smallest absolute Gasteiger partial charge is 0.0840 e. The number of aromatic nitrogens is 2. The third kappa shape index (κ3) is 3.12. The number of hydrogen-bond acceptors (Lipinski definition) is 3. The number of aliphatic hydroxyl groups excluding tert-OH is 2. The minimum Gasteiger partial charge on any atom is -0.390 e. The van der Waals surface area contributed by atoms with Crippen molar-refractivity contribution in [3.63, 3.8) is 0 Å². The van der Waals surface area contributed by atoms with Gasteiger partial charge in [0.15, 0.2) is 0 Å². The van der Waals surface area contributed by atoms with Gasteiger partial charge in [0.2, 0.25) is 0 Å². The van der Waals surface area contributed by atoms with Crippen molar-refractivity contribution in [1.29, 1.82) is 0 Å². The molecule has 0 aliphatic heterocycles. The van der Waals surface area contributed by atoms with Crippen LogP contribution < -0.4 is 0 Å². The Kier molecular flexibility index (Phi) is 4.10. The van der Waals surface area contributed by atoms with Gasteiger partial charge >= 0.3 is 0 Å². The molecule has 0 bridgehead atoms. The highest BCUT2D eigenvalue weighted by atomic mass is 16.3. The number of hydrogen-bond donors (Lipinski definition) is 2. The number of rotatable bonds is 5. The standard InChI is InChI=1S/C10H18N2O2/c1-3-4-9(13)10(14)5-8-6-11-12(2)7-8/h6-7,9-10,13-14H,3-5H2,1-2H3. The van der Waals surface area contributed by atoms with Crippen molar-refractivity contribution in [1.82, 2.24) is 9.78 Å². The summed E-state index contributed by atoms with van der Waals surface area (Å²) in [6.45, 7) is 1.99. The van der Waals surface area contributed by atoms with Crippen LogP contribution in [0.25, 0.3) is 0 Å². The molecule has 2 N–H and O–H groups in total. The molecular weight excluding hydrogens is 180 g/mol. The van der Waals surface area contributed by atoms with E-state index in [4.69, 9.17) is 0 Å². The molecule has 4 heteroatoms. The molecule has 0 fully saturated rings. The molecular formula is C10H18N2O2. The summed E-state index contributed by atoms with van der Waals surface area (Å²) in [5, 5.41) is 23.1.